The van der Waals surface area contributed by atoms with Gasteiger partial charge >= 0.3 is 0 Å². The van der Waals surface area contributed by atoms with Crippen LogP contribution in [0.3, 0.4) is 0 Å². The Labute approximate surface area is 194 Å². The van der Waals surface area contributed by atoms with Gasteiger partial charge in [-0.1, -0.05) is 6.07 Å². The van der Waals surface area contributed by atoms with Crippen molar-refractivity contribution in [3.8, 4) is 0 Å². The SMILES string of the molecule is Cc1cnc(N2CCN(C)CC2)nc1N1CC(C(=O)NC(C)(C)c2cnc3ccccn23)C1. The predicted octanol–water partition coefficient (Wildman–Crippen LogP) is 1.67. The van der Waals surface area contributed by atoms with Crippen LogP contribution in [0, 0.1) is 12.8 Å². The molecule has 5 rings (SSSR count). The molecule has 3 aromatic heterocycles. The number of piperazine rings is 1. The second kappa shape index (κ2) is 8.30. The molecule has 1 amide bonds. The van der Waals surface area contributed by atoms with E-state index in [9.17, 15) is 4.79 Å². The van der Waals surface area contributed by atoms with Crippen molar-refractivity contribution in [2.45, 2.75) is 26.3 Å². The largest absolute Gasteiger partial charge is 0.354 e. The Morgan fingerprint density at radius 2 is 1.82 bits per heavy atom. The van der Waals surface area contributed by atoms with Crippen molar-refractivity contribution in [3.63, 3.8) is 0 Å². The Bertz CT molecular complexity index is 1160. The molecule has 0 atom stereocenters. The van der Waals surface area contributed by atoms with Gasteiger partial charge in [-0.3, -0.25) is 4.79 Å². The number of aryl methyl sites for hydroxylation is 1. The number of pyridine rings is 1. The maximum atomic E-state index is 13.1. The predicted molar refractivity (Wildman–Crippen MR) is 129 cm³/mol. The van der Waals surface area contributed by atoms with Crippen molar-refractivity contribution in [1.29, 1.82) is 0 Å². The van der Waals surface area contributed by atoms with Gasteiger partial charge in [-0.2, -0.15) is 4.98 Å². The summed E-state index contributed by atoms with van der Waals surface area (Å²) in [7, 11) is 2.14. The minimum Gasteiger partial charge on any atom is -0.354 e. The Morgan fingerprint density at radius 3 is 2.58 bits per heavy atom. The van der Waals surface area contributed by atoms with E-state index in [0.29, 0.717) is 13.1 Å². The summed E-state index contributed by atoms with van der Waals surface area (Å²) in [6.45, 7) is 11.3. The summed E-state index contributed by atoms with van der Waals surface area (Å²) in [6.07, 6.45) is 5.72. The molecule has 2 saturated heterocycles. The fraction of sp³-hybridized carbons (Fsp3) is 0.500. The second-order valence-electron chi connectivity index (χ2n) is 9.76. The number of aromatic nitrogens is 4. The maximum absolute atomic E-state index is 13.1. The van der Waals surface area contributed by atoms with Crippen molar-refractivity contribution in [1.82, 2.24) is 29.6 Å². The number of amides is 1. The van der Waals surface area contributed by atoms with Gasteiger partial charge in [0.15, 0.2) is 0 Å². The van der Waals surface area contributed by atoms with Crippen LogP contribution in [-0.4, -0.2) is 76.5 Å². The molecule has 2 aliphatic heterocycles. The quantitative estimate of drug-likeness (QED) is 0.636. The summed E-state index contributed by atoms with van der Waals surface area (Å²) >= 11 is 0. The number of imidazole rings is 1. The number of fused-ring (bicyclic) bond motifs is 1. The molecule has 0 aliphatic carbocycles. The minimum atomic E-state index is -0.530. The van der Waals surface area contributed by atoms with Crippen molar-refractivity contribution in [3.05, 3.63) is 48.0 Å². The van der Waals surface area contributed by atoms with Crippen LogP contribution in [0.15, 0.2) is 36.8 Å². The van der Waals surface area contributed by atoms with Gasteiger partial charge in [0.25, 0.3) is 0 Å². The van der Waals surface area contributed by atoms with Gasteiger partial charge in [0.2, 0.25) is 11.9 Å². The van der Waals surface area contributed by atoms with E-state index in [1.54, 1.807) is 0 Å². The smallest absolute Gasteiger partial charge is 0.227 e. The Kier molecular flexibility index (Phi) is 5.44. The standard InChI is InChI=1S/C24H32N8O/c1-17-13-26-23(30-11-9-29(4)10-12-30)27-21(17)31-15-18(16-31)22(33)28-24(2,3)19-14-25-20-7-5-6-8-32(19)20/h5-8,13-14,18H,9-12,15-16H2,1-4H3,(H,28,33). The molecule has 174 valence electrons. The molecule has 3 aromatic rings. The Balaban J connectivity index is 1.24. The second-order valence-corrected chi connectivity index (χ2v) is 9.76. The van der Waals surface area contributed by atoms with Gasteiger partial charge in [0.1, 0.15) is 11.5 Å². The molecule has 9 nitrogen and oxygen atoms in total. The molecule has 1 N–H and O–H groups in total. The van der Waals surface area contributed by atoms with E-state index in [1.165, 1.54) is 0 Å². The molecule has 2 aliphatic rings. The summed E-state index contributed by atoms with van der Waals surface area (Å²) in [5.41, 5.74) is 2.35. The van der Waals surface area contributed by atoms with Crippen LogP contribution in [0.2, 0.25) is 0 Å². The molecule has 9 heteroatoms. The number of carbonyl (C=O) groups excluding carboxylic acids is 1. The zero-order valence-corrected chi connectivity index (χ0v) is 19.8. The van der Waals surface area contributed by atoms with Gasteiger partial charge in [-0.05, 0) is 40.0 Å². The molecule has 0 saturated carbocycles. The number of hydrogen-bond acceptors (Lipinski definition) is 7. The van der Waals surface area contributed by atoms with Crippen molar-refractivity contribution >= 4 is 23.3 Å². The van der Waals surface area contributed by atoms with Crippen LogP contribution >= 0.6 is 0 Å². The van der Waals surface area contributed by atoms with E-state index in [2.05, 4.69) is 37.0 Å². The molecule has 0 unspecified atom stereocenters. The van der Waals surface area contributed by atoms with E-state index >= 15 is 0 Å². The van der Waals surface area contributed by atoms with Crippen molar-refractivity contribution in [2.24, 2.45) is 5.92 Å². The summed E-state index contributed by atoms with van der Waals surface area (Å²) < 4.78 is 2.03. The first-order chi connectivity index (χ1) is 15.8. The molecule has 33 heavy (non-hydrogen) atoms. The number of carbonyl (C=O) groups is 1. The zero-order valence-electron chi connectivity index (χ0n) is 19.8. The third-order valence-electron chi connectivity index (χ3n) is 6.76. The Morgan fingerprint density at radius 1 is 1.06 bits per heavy atom. The van der Waals surface area contributed by atoms with Gasteiger partial charge < -0.3 is 24.4 Å². The van der Waals surface area contributed by atoms with Crippen LogP contribution in [-0.2, 0) is 10.3 Å². The van der Waals surface area contributed by atoms with Gasteiger partial charge in [0.05, 0.1) is 23.3 Å². The number of nitrogens with zero attached hydrogens (tertiary/aromatic N) is 7. The monoisotopic (exact) mass is 448 g/mol. The van der Waals surface area contributed by atoms with E-state index in [4.69, 9.17) is 4.98 Å². The molecular weight excluding hydrogens is 416 g/mol. The average molecular weight is 449 g/mol. The lowest BCUT2D eigenvalue weighted by Gasteiger charge is -2.41. The van der Waals surface area contributed by atoms with E-state index in [1.807, 2.05) is 62.0 Å². The van der Waals surface area contributed by atoms with Crippen LogP contribution in [0.25, 0.3) is 5.65 Å². The first kappa shape index (κ1) is 21.6. The summed E-state index contributed by atoms with van der Waals surface area (Å²) in [6, 6.07) is 5.90. The van der Waals surface area contributed by atoms with Crippen LogP contribution < -0.4 is 15.1 Å². The maximum Gasteiger partial charge on any atom is 0.227 e. The fourth-order valence-electron chi connectivity index (χ4n) is 4.59. The van der Waals surface area contributed by atoms with Crippen LogP contribution in [0.5, 0.6) is 0 Å². The topological polar surface area (TPSA) is 81.9 Å². The van der Waals surface area contributed by atoms with Crippen LogP contribution in [0.4, 0.5) is 11.8 Å². The lowest BCUT2D eigenvalue weighted by Crippen LogP contribution is -2.57. The highest BCUT2D eigenvalue weighted by Gasteiger charge is 2.37. The summed E-state index contributed by atoms with van der Waals surface area (Å²) in [4.78, 5) is 33.7. The van der Waals surface area contributed by atoms with Crippen molar-refractivity contribution in [2.75, 3.05) is 56.1 Å². The summed E-state index contributed by atoms with van der Waals surface area (Å²) in [5, 5.41) is 3.23. The fourth-order valence-corrected chi connectivity index (χ4v) is 4.59. The van der Waals surface area contributed by atoms with E-state index < -0.39 is 5.54 Å². The van der Waals surface area contributed by atoms with Gasteiger partial charge in [-0.15, -0.1) is 0 Å². The number of hydrogen-bond donors (Lipinski definition) is 1. The third kappa shape index (κ3) is 4.13. The zero-order chi connectivity index (χ0) is 23.2. The van der Waals surface area contributed by atoms with Gasteiger partial charge in [0, 0.05) is 57.2 Å². The molecule has 0 aromatic carbocycles. The number of anilines is 2. The highest BCUT2D eigenvalue weighted by Crippen LogP contribution is 2.29. The highest BCUT2D eigenvalue weighted by atomic mass is 16.2. The number of likely N-dealkylation sites (N-methyl/N-ethyl adjacent to an activating group) is 1. The first-order valence-electron chi connectivity index (χ1n) is 11.6. The molecule has 0 radical (unpaired) electrons. The van der Waals surface area contributed by atoms with E-state index in [0.717, 1.165) is 54.8 Å². The molecule has 2 fully saturated rings. The third-order valence-corrected chi connectivity index (χ3v) is 6.76. The average Bonchev–Trinajstić information content (AvgIpc) is 3.19. The minimum absolute atomic E-state index is 0.0631. The molecule has 0 spiro atoms. The number of nitrogens with one attached hydrogen (secondary N) is 1. The van der Waals surface area contributed by atoms with E-state index in [-0.39, 0.29) is 11.8 Å². The molecule has 0 bridgehead atoms. The normalized spacial score (nSPS) is 17.9. The lowest BCUT2D eigenvalue weighted by molar-refractivity contribution is -0.127. The van der Waals surface area contributed by atoms with Crippen LogP contribution in [0.1, 0.15) is 25.1 Å². The lowest BCUT2D eigenvalue weighted by atomic mass is 9.95. The first-order valence-corrected chi connectivity index (χ1v) is 11.6. The van der Waals surface area contributed by atoms with Crippen molar-refractivity contribution < 1.29 is 4.79 Å². The highest BCUT2D eigenvalue weighted by molar-refractivity contribution is 5.82. The Hall–Kier alpha value is -3.20. The molecule has 5 heterocycles. The molecular formula is C24H32N8O. The van der Waals surface area contributed by atoms with Gasteiger partial charge in [-0.25, -0.2) is 9.97 Å². The number of rotatable bonds is 5. The summed E-state index contributed by atoms with van der Waals surface area (Å²) in [5.74, 6) is 1.72.